The van der Waals surface area contributed by atoms with Gasteiger partial charge in [-0.1, -0.05) is 37.8 Å². The van der Waals surface area contributed by atoms with Crippen LogP contribution in [0.3, 0.4) is 0 Å². The minimum absolute atomic E-state index is 0.559. The van der Waals surface area contributed by atoms with Gasteiger partial charge in [-0.05, 0) is 62.1 Å². The van der Waals surface area contributed by atoms with Crippen LogP contribution in [0.25, 0.3) is 0 Å². The number of thiophene rings is 1. The van der Waals surface area contributed by atoms with Crippen molar-refractivity contribution in [2.75, 3.05) is 6.54 Å². The second-order valence-electron chi connectivity index (χ2n) is 6.75. The SMILES string of the molecule is CC1CCCC(CCNC2CCCc3sc(Cl)cc32)C1. The van der Waals surface area contributed by atoms with Crippen molar-refractivity contribution >= 4 is 22.9 Å². The van der Waals surface area contributed by atoms with Crippen molar-refractivity contribution in [3.8, 4) is 0 Å². The highest BCUT2D eigenvalue weighted by Crippen LogP contribution is 2.38. The molecule has 2 aliphatic carbocycles. The molecule has 1 saturated carbocycles. The van der Waals surface area contributed by atoms with Crippen LogP contribution in [0.2, 0.25) is 4.34 Å². The van der Waals surface area contributed by atoms with Crippen LogP contribution in [-0.4, -0.2) is 6.54 Å². The number of hydrogen-bond acceptors (Lipinski definition) is 2. The van der Waals surface area contributed by atoms with Crippen molar-refractivity contribution in [3.63, 3.8) is 0 Å². The Labute approximate surface area is 132 Å². The number of rotatable bonds is 4. The smallest absolute Gasteiger partial charge is 0.0934 e. The lowest BCUT2D eigenvalue weighted by atomic mass is 9.81. The third kappa shape index (κ3) is 3.58. The minimum atomic E-state index is 0.559. The second kappa shape index (κ2) is 6.81. The van der Waals surface area contributed by atoms with Crippen LogP contribution < -0.4 is 5.32 Å². The lowest BCUT2D eigenvalue weighted by Crippen LogP contribution is -2.27. The van der Waals surface area contributed by atoms with Gasteiger partial charge in [0.25, 0.3) is 0 Å². The average Bonchev–Trinajstić information content (AvgIpc) is 2.80. The first kappa shape index (κ1) is 14.9. The maximum Gasteiger partial charge on any atom is 0.0934 e. The zero-order valence-corrected chi connectivity index (χ0v) is 14.0. The van der Waals surface area contributed by atoms with E-state index in [0.29, 0.717) is 6.04 Å². The summed E-state index contributed by atoms with van der Waals surface area (Å²) < 4.78 is 0.963. The molecule has 0 aliphatic heterocycles. The summed E-state index contributed by atoms with van der Waals surface area (Å²) in [6.07, 6.45) is 11.0. The van der Waals surface area contributed by atoms with Crippen molar-refractivity contribution < 1.29 is 0 Å². The summed E-state index contributed by atoms with van der Waals surface area (Å²) in [6.45, 7) is 3.59. The lowest BCUT2D eigenvalue weighted by molar-refractivity contribution is 0.263. The molecule has 1 fully saturated rings. The van der Waals surface area contributed by atoms with E-state index < -0.39 is 0 Å². The van der Waals surface area contributed by atoms with E-state index in [1.807, 2.05) is 0 Å². The largest absolute Gasteiger partial charge is 0.310 e. The van der Waals surface area contributed by atoms with E-state index in [0.717, 1.165) is 16.2 Å². The molecule has 112 valence electrons. The molecule has 0 spiro atoms. The summed E-state index contributed by atoms with van der Waals surface area (Å²) in [6, 6.07) is 2.75. The number of nitrogens with one attached hydrogen (secondary N) is 1. The van der Waals surface area contributed by atoms with E-state index in [1.54, 1.807) is 11.3 Å². The van der Waals surface area contributed by atoms with Crippen LogP contribution in [0.5, 0.6) is 0 Å². The molecule has 2 aliphatic rings. The molecule has 0 saturated heterocycles. The van der Waals surface area contributed by atoms with Gasteiger partial charge < -0.3 is 5.32 Å². The van der Waals surface area contributed by atoms with E-state index in [2.05, 4.69) is 18.3 Å². The Morgan fingerprint density at radius 2 is 2.20 bits per heavy atom. The molecular weight excluding hydrogens is 286 g/mol. The Morgan fingerprint density at radius 1 is 1.30 bits per heavy atom. The van der Waals surface area contributed by atoms with Gasteiger partial charge in [-0.25, -0.2) is 0 Å². The molecule has 1 nitrogen and oxygen atoms in total. The maximum atomic E-state index is 6.18. The molecule has 1 aromatic heterocycles. The quantitative estimate of drug-likeness (QED) is 0.765. The van der Waals surface area contributed by atoms with Gasteiger partial charge in [0.2, 0.25) is 0 Å². The molecule has 3 atom stereocenters. The molecule has 0 amide bonds. The zero-order chi connectivity index (χ0) is 13.9. The molecule has 0 bridgehead atoms. The molecule has 1 aromatic rings. The highest BCUT2D eigenvalue weighted by Gasteiger charge is 2.23. The number of halogens is 1. The molecule has 0 radical (unpaired) electrons. The summed E-state index contributed by atoms with van der Waals surface area (Å²) in [7, 11) is 0. The Hall–Kier alpha value is -0.0500. The summed E-state index contributed by atoms with van der Waals surface area (Å²) in [4.78, 5) is 1.52. The lowest BCUT2D eigenvalue weighted by Gasteiger charge is -2.28. The minimum Gasteiger partial charge on any atom is -0.310 e. The fourth-order valence-electron chi connectivity index (χ4n) is 4.02. The second-order valence-corrected chi connectivity index (χ2v) is 8.52. The highest BCUT2D eigenvalue weighted by atomic mass is 35.5. The average molecular weight is 312 g/mol. The van der Waals surface area contributed by atoms with E-state index in [4.69, 9.17) is 11.6 Å². The van der Waals surface area contributed by atoms with Gasteiger partial charge in [-0.15, -0.1) is 11.3 Å². The van der Waals surface area contributed by atoms with Gasteiger partial charge >= 0.3 is 0 Å². The van der Waals surface area contributed by atoms with Crippen LogP contribution in [0.4, 0.5) is 0 Å². The number of hydrogen-bond donors (Lipinski definition) is 1. The molecule has 1 N–H and O–H groups in total. The Bertz CT molecular complexity index is 442. The third-order valence-electron chi connectivity index (χ3n) is 5.07. The molecule has 0 aromatic carbocycles. The van der Waals surface area contributed by atoms with Gasteiger partial charge in [-0.2, -0.15) is 0 Å². The van der Waals surface area contributed by atoms with Gasteiger partial charge in [0.1, 0.15) is 0 Å². The van der Waals surface area contributed by atoms with E-state index in [9.17, 15) is 0 Å². The summed E-state index contributed by atoms with van der Waals surface area (Å²) in [5.74, 6) is 1.91. The molecular formula is C17H26ClNS. The molecule has 3 heteroatoms. The molecule has 3 rings (SSSR count). The van der Waals surface area contributed by atoms with Gasteiger partial charge in [0.05, 0.1) is 4.34 Å². The van der Waals surface area contributed by atoms with E-state index >= 15 is 0 Å². The molecule has 20 heavy (non-hydrogen) atoms. The van der Waals surface area contributed by atoms with Crippen LogP contribution in [0.1, 0.15) is 68.4 Å². The van der Waals surface area contributed by atoms with Crippen LogP contribution in [-0.2, 0) is 6.42 Å². The fraction of sp³-hybridized carbons (Fsp3) is 0.765. The van der Waals surface area contributed by atoms with Crippen molar-refractivity contribution in [3.05, 3.63) is 20.8 Å². The van der Waals surface area contributed by atoms with Crippen LogP contribution >= 0.6 is 22.9 Å². The Morgan fingerprint density at radius 3 is 3.05 bits per heavy atom. The fourth-order valence-corrected chi connectivity index (χ4v) is 5.40. The summed E-state index contributed by atoms with van der Waals surface area (Å²) in [5.41, 5.74) is 1.49. The van der Waals surface area contributed by atoms with Gasteiger partial charge in [0, 0.05) is 10.9 Å². The van der Waals surface area contributed by atoms with E-state index in [1.165, 1.54) is 68.4 Å². The standard InChI is InChI=1S/C17H26ClNS/c1-12-4-2-5-13(10-12)8-9-19-15-6-3-7-16-14(15)11-17(18)20-16/h11-13,15,19H,2-10H2,1H3. The van der Waals surface area contributed by atoms with Crippen molar-refractivity contribution in [1.29, 1.82) is 0 Å². The topological polar surface area (TPSA) is 12.0 Å². The Kier molecular flexibility index (Phi) is 5.06. The molecule has 1 heterocycles. The predicted octanol–water partition coefficient (Wildman–Crippen LogP) is 5.58. The van der Waals surface area contributed by atoms with Crippen molar-refractivity contribution in [2.24, 2.45) is 11.8 Å². The first-order valence-corrected chi connectivity index (χ1v) is 9.43. The third-order valence-corrected chi connectivity index (χ3v) is 6.41. The van der Waals surface area contributed by atoms with Gasteiger partial charge in [0.15, 0.2) is 0 Å². The first-order chi connectivity index (χ1) is 9.72. The maximum absolute atomic E-state index is 6.18. The number of fused-ring (bicyclic) bond motifs is 1. The first-order valence-electron chi connectivity index (χ1n) is 8.24. The zero-order valence-electron chi connectivity index (χ0n) is 12.5. The van der Waals surface area contributed by atoms with E-state index in [-0.39, 0.29) is 0 Å². The van der Waals surface area contributed by atoms with Crippen molar-refractivity contribution in [2.45, 2.75) is 64.3 Å². The summed E-state index contributed by atoms with van der Waals surface area (Å²) in [5, 5.41) is 3.80. The Balaban J connectivity index is 1.49. The number of aryl methyl sites for hydroxylation is 1. The predicted molar refractivity (Wildman–Crippen MR) is 88.7 cm³/mol. The van der Waals surface area contributed by atoms with Crippen LogP contribution in [0.15, 0.2) is 6.07 Å². The monoisotopic (exact) mass is 311 g/mol. The highest BCUT2D eigenvalue weighted by molar-refractivity contribution is 7.16. The van der Waals surface area contributed by atoms with Crippen LogP contribution in [0, 0.1) is 11.8 Å². The molecule has 3 unspecified atom stereocenters. The van der Waals surface area contributed by atoms with Gasteiger partial charge in [-0.3, -0.25) is 0 Å². The summed E-state index contributed by atoms with van der Waals surface area (Å²) >= 11 is 7.96. The van der Waals surface area contributed by atoms with Crippen molar-refractivity contribution in [1.82, 2.24) is 5.32 Å². The normalized spacial score (nSPS) is 30.2.